The molecule has 0 saturated carbocycles. The van der Waals surface area contributed by atoms with Crippen LogP contribution in [0.4, 0.5) is 10.2 Å². The van der Waals surface area contributed by atoms with Crippen molar-refractivity contribution in [1.29, 1.82) is 0 Å². The molecule has 2 aliphatic rings. The highest BCUT2D eigenvalue weighted by Crippen LogP contribution is 2.44. The molecule has 1 saturated heterocycles. The molecule has 3 aromatic rings. The lowest BCUT2D eigenvalue weighted by Crippen LogP contribution is -2.58. The summed E-state index contributed by atoms with van der Waals surface area (Å²) < 4.78 is 21.7. The number of piperazine rings is 1. The molecule has 10 heteroatoms. The number of thioether (sulfide) groups is 1. The molecule has 3 atom stereocenters. The lowest BCUT2D eigenvalue weighted by Gasteiger charge is -2.44. The quantitative estimate of drug-likeness (QED) is 0.389. The number of rotatable bonds is 5. The molecular weight excluding hydrogens is 539 g/mol. The predicted octanol–water partition coefficient (Wildman–Crippen LogP) is 5.29. The van der Waals surface area contributed by atoms with Gasteiger partial charge < -0.3 is 14.5 Å². The normalized spacial score (nSPS) is 21.2. The van der Waals surface area contributed by atoms with Gasteiger partial charge >= 0.3 is 5.69 Å². The average molecular weight is 571 g/mol. The number of anilines is 1. The van der Waals surface area contributed by atoms with E-state index in [1.807, 2.05) is 32.6 Å². The number of benzene rings is 2. The number of hydrogen-bond donors (Lipinski definition) is 0. The van der Waals surface area contributed by atoms with Crippen LogP contribution in [-0.4, -0.2) is 64.0 Å². The first-order chi connectivity index (χ1) is 18.6. The summed E-state index contributed by atoms with van der Waals surface area (Å²) in [5.74, 6) is 0.683. The SMILES string of the molecule is C=CC(=O)N1[C@H](C)CN(c2nc(=O)n3c4c(c(-c5ccc(F)c(Cl)c5)c(C)cc24)SC[C@@H](OCC)C3)C[C@@H]1C. The molecular formula is C29H32ClFN4O3S. The molecule has 1 aromatic heterocycles. The van der Waals surface area contributed by atoms with Crippen LogP contribution in [0.2, 0.25) is 5.02 Å². The van der Waals surface area contributed by atoms with E-state index in [1.54, 1.807) is 28.5 Å². The number of hydrogen-bond acceptors (Lipinski definition) is 6. The van der Waals surface area contributed by atoms with Crippen LogP contribution in [0.15, 0.2) is 46.6 Å². The lowest BCUT2D eigenvalue weighted by atomic mass is 9.97. The zero-order chi connectivity index (χ0) is 28.0. The summed E-state index contributed by atoms with van der Waals surface area (Å²) >= 11 is 7.82. The van der Waals surface area contributed by atoms with Crippen molar-refractivity contribution in [3.8, 4) is 11.1 Å². The van der Waals surface area contributed by atoms with Gasteiger partial charge in [0.25, 0.3) is 0 Å². The summed E-state index contributed by atoms with van der Waals surface area (Å²) in [6.07, 6.45) is 1.18. The van der Waals surface area contributed by atoms with Crippen molar-refractivity contribution in [2.24, 2.45) is 0 Å². The van der Waals surface area contributed by atoms with Crippen molar-refractivity contribution < 1.29 is 13.9 Å². The molecule has 0 N–H and O–H groups in total. The molecule has 3 heterocycles. The molecule has 1 fully saturated rings. The van der Waals surface area contributed by atoms with Crippen molar-refractivity contribution in [3.05, 3.63) is 63.8 Å². The van der Waals surface area contributed by atoms with E-state index >= 15 is 0 Å². The van der Waals surface area contributed by atoms with E-state index in [0.717, 1.165) is 32.5 Å². The lowest BCUT2D eigenvalue weighted by molar-refractivity contribution is -0.130. The van der Waals surface area contributed by atoms with Gasteiger partial charge in [-0.2, -0.15) is 4.98 Å². The summed E-state index contributed by atoms with van der Waals surface area (Å²) in [6, 6.07) is 6.61. The van der Waals surface area contributed by atoms with Gasteiger partial charge in [-0.1, -0.05) is 24.2 Å². The van der Waals surface area contributed by atoms with Gasteiger partial charge in [0.05, 0.1) is 23.2 Å². The Bertz CT molecular complexity index is 1510. The fourth-order valence-corrected chi connectivity index (χ4v) is 7.40. The van der Waals surface area contributed by atoms with Gasteiger partial charge in [-0.15, -0.1) is 11.8 Å². The minimum atomic E-state index is -0.477. The Balaban J connectivity index is 1.73. The first-order valence-electron chi connectivity index (χ1n) is 13.1. The molecule has 0 bridgehead atoms. The van der Waals surface area contributed by atoms with Crippen LogP contribution in [0, 0.1) is 12.7 Å². The van der Waals surface area contributed by atoms with Crippen LogP contribution in [0.1, 0.15) is 26.3 Å². The Hall–Kier alpha value is -2.88. The van der Waals surface area contributed by atoms with Gasteiger partial charge in [-0.05, 0) is 63.1 Å². The van der Waals surface area contributed by atoms with E-state index in [-0.39, 0.29) is 34.8 Å². The summed E-state index contributed by atoms with van der Waals surface area (Å²) in [5, 5.41) is 0.916. The van der Waals surface area contributed by atoms with Crippen LogP contribution in [0.25, 0.3) is 22.0 Å². The van der Waals surface area contributed by atoms with Gasteiger partial charge in [0.2, 0.25) is 5.91 Å². The number of carbonyl (C=O) groups excluding carboxylic acids is 1. The van der Waals surface area contributed by atoms with E-state index in [1.165, 1.54) is 12.1 Å². The highest BCUT2D eigenvalue weighted by Gasteiger charge is 2.34. The molecule has 0 unspecified atom stereocenters. The monoisotopic (exact) mass is 570 g/mol. The third-order valence-corrected chi connectivity index (χ3v) is 8.97. The van der Waals surface area contributed by atoms with Gasteiger partial charge in [0.15, 0.2) is 0 Å². The van der Waals surface area contributed by atoms with Crippen molar-refractivity contribution >= 4 is 46.0 Å². The summed E-state index contributed by atoms with van der Waals surface area (Å²) in [4.78, 5) is 35.6. The van der Waals surface area contributed by atoms with Crippen LogP contribution >= 0.6 is 23.4 Å². The van der Waals surface area contributed by atoms with Gasteiger partial charge in [0, 0.05) is 53.4 Å². The molecule has 7 nitrogen and oxygen atoms in total. The Morgan fingerprint density at radius 1 is 1.26 bits per heavy atom. The van der Waals surface area contributed by atoms with Crippen LogP contribution in [-0.2, 0) is 16.1 Å². The van der Waals surface area contributed by atoms with E-state index < -0.39 is 5.82 Å². The first-order valence-corrected chi connectivity index (χ1v) is 14.5. The van der Waals surface area contributed by atoms with Gasteiger partial charge in [0.1, 0.15) is 11.6 Å². The van der Waals surface area contributed by atoms with Crippen molar-refractivity contribution in [3.63, 3.8) is 0 Å². The zero-order valence-electron chi connectivity index (χ0n) is 22.5. The molecule has 5 rings (SSSR count). The van der Waals surface area contributed by atoms with Crippen LogP contribution in [0.3, 0.4) is 0 Å². The number of aromatic nitrogens is 2. The van der Waals surface area contributed by atoms with Crippen LogP contribution < -0.4 is 10.6 Å². The van der Waals surface area contributed by atoms with Crippen LogP contribution in [0.5, 0.6) is 0 Å². The Morgan fingerprint density at radius 2 is 1.97 bits per heavy atom. The number of ether oxygens (including phenoxy) is 1. The molecule has 1 amide bonds. The Labute approximate surface area is 236 Å². The minimum absolute atomic E-state index is 0.0488. The maximum atomic E-state index is 14.1. The minimum Gasteiger partial charge on any atom is -0.376 e. The molecule has 2 aliphatic heterocycles. The highest BCUT2D eigenvalue weighted by molar-refractivity contribution is 7.99. The van der Waals surface area contributed by atoms with E-state index in [4.69, 9.17) is 16.3 Å². The Kier molecular flexibility index (Phi) is 7.77. The average Bonchev–Trinajstić information content (AvgIpc) is 3.08. The number of carbonyl (C=O) groups is 1. The second kappa shape index (κ2) is 10.9. The van der Waals surface area contributed by atoms with E-state index in [0.29, 0.717) is 37.8 Å². The van der Waals surface area contributed by atoms with E-state index in [9.17, 15) is 14.0 Å². The summed E-state index contributed by atoms with van der Waals surface area (Å²) in [5.41, 5.74) is 3.12. The molecule has 0 radical (unpaired) electrons. The van der Waals surface area contributed by atoms with Gasteiger partial charge in [-0.3, -0.25) is 9.36 Å². The smallest absolute Gasteiger partial charge is 0.350 e. The predicted molar refractivity (Wildman–Crippen MR) is 155 cm³/mol. The topological polar surface area (TPSA) is 67.7 Å². The van der Waals surface area contributed by atoms with Crippen molar-refractivity contribution in [1.82, 2.24) is 14.5 Å². The second-order valence-electron chi connectivity index (χ2n) is 10.2. The van der Waals surface area contributed by atoms with Gasteiger partial charge in [-0.25, -0.2) is 9.18 Å². The third-order valence-electron chi connectivity index (χ3n) is 7.45. The first kappa shape index (κ1) is 27.7. The molecule has 0 aliphatic carbocycles. The van der Waals surface area contributed by atoms with Crippen molar-refractivity contribution in [2.75, 3.05) is 30.3 Å². The largest absolute Gasteiger partial charge is 0.376 e. The number of halogens is 2. The maximum absolute atomic E-state index is 14.1. The molecule has 206 valence electrons. The maximum Gasteiger partial charge on any atom is 0.350 e. The zero-order valence-corrected chi connectivity index (χ0v) is 24.1. The standard InChI is InChI=1S/C29H32ClFN4O3S/c1-6-24(36)35-17(4)12-33(13-18(35)5)28-21-10-16(3)25(19-8-9-23(31)22(30)11-19)27-26(21)34(29(37)32-28)14-20(15-39-27)38-7-2/h6,8-11,17-18,20H,1,7,12-15H2,2-5H3/t17-,18+,20-/m0/s1. The fraction of sp³-hybridized carbons (Fsp3) is 0.414. The third kappa shape index (κ3) is 4.96. The molecule has 39 heavy (non-hydrogen) atoms. The summed E-state index contributed by atoms with van der Waals surface area (Å²) in [7, 11) is 0. The highest BCUT2D eigenvalue weighted by atomic mass is 35.5. The molecule has 0 spiro atoms. The number of nitrogens with zero attached hydrogens (tertiary/aromatic N) is 4. The fourth-order valence-electron chi connectivity index (χ4n) is 5.89. The second-order valence-corrected chi connectivity index (χ2v) is 11.6. The Morgan fingerprint density at radius 3 is 2.62 bits per heavy atom. The molecule has 2 aromatic carbocycles. The number of amides is 1. The number of aryl methyl sites for hydroxylation is 1. The van der Waals surface area contributed by atoms with Crippen molar-refractivity contribution in [2.45, 2.75) is 57.3 Å². The summed E-state index contributed by atoms with van der Waals surface area (Å²) in [6.45, 7) is 13.6. The van der Waals surface area contributed by atoms with E-state index in [2.05, 4.69) is 22.5 Å².